The molecule has 1 amide bonds. The first-order chi connectivity index (χ1) is 9.86. The van der Waals surface area contributed by atoms with E-state index in [4.69, 9.17) is 5.73 Å². The fourth-order valence-electron chi connectivity index (χ4n) is 1.78. The van der Waals surface area contributed by atoms with E-state index in [1.54, 1.807) is 25.1 Å². The summed E-state index contributed by atoms with van der Waals surface area (Å²) >= 11 is 1.29. The Morgan fingerprint density at radius 2 is 2.24 bits per heavy atom. The van der Waals surface area contributed by atoms with Crippen molar-refractivity contribution in [3.05, 3.63) is 18.2 Å². The van der Waals surface area contributed by atoms with Crippen LogP contribution in [0.5, 0.6) is 0 Å². The standard InChI is InChI=1S/C13H16F2N4OS/c1-7(19(2)6-11(14)15)12(20)18-13-17-9-4-3-8(16)5-10(9)21-13/h3-5,7,11H,6,16H2,1-2H3,(H,17,18,20). The van der Waals surface area contributed by atoms with E-state index in [9.17, 15) is 13.6 Å². The molecule has 3 N–H and O–H groups in total. The summed E-state index contributed by atoms with van der Waals surface area (Å²) < 4.78 is 25.5. The summed E-state index contributed by atoms with van der Waals surface area (Å²) in [6, 6.07) is 4.60. The van der Waals surface area contributed by atoms with Crippen LogP contribution in [0.2, 0.25) is 0 Å². The first-order valence-corrected chi connectivity index (χ1v) is 7.14. The van der Waals surface area contributed by atoms with Crippen LogP contribution in [0, 0.1) is 0 Å². The van der Waals surface area contributed by atoms with E-state index in [0.717, 1.165) is 10.2 Å². The van der Waals surface area contributed by atoms with E-state index in [1.807, 2.05) is 0 Å². The second-order valence-corrected chi connectivity index (χ2v) is 5.77. The number of nitrogen functional groups attached to an aromatic ring is 1. The third-order valence-corrected chi connectivity index (χ3v) is 4.04. The number of nitrogens with two attached hydrogens (primary N) is 1. The van der Waals surface area contributed by atoms with Crippen molar-refractivity contribution in [3.8, 4) is 0 Å². The summed E-state index contributed by atoms with van der Waals surface area (Å²) in [6.45, 7) is 1.12. The Kier molecular flexibility index (Phi) is 4.69. The summed E-state index contributed by atoms with van der Waals surface area (Å²) in [5.74, 6) is -0.370. The Labute approximate surface area is 124 Å². The van der Waals surface area contributed by atoms with Crippen molar-refractivity contribution in [1.82, 2.24) is 9.88 Å². The Morgan fingerprint density at radius 3 is 2.90 bits per heavy atom. The van der Waals surface area contributed by atoms with Gasteiger partial charge >= 0.3 is 0 Å². The number of hydrogen-bond acceptors (Lipinski definition) is 5. The number of rotatable bonds is 5. The summed E-state index contributed by atoms with van der Waals surface area (Å²) in [6.07, 6.45) is -2.48. The molecule has 8 heteroatoms. The SMILES string of the molecule is CC(C(=O)Nc1nc2ccc(N)cc2s1)N(C)CC(F)F. The molecule has 0 spiro atoms. The summed E-state index contributed by atoms with van der Waals surface area (Å²) in [5.41, 5.74) is 7.04. The normalized spacial score (nSPS) is 13.0. The van der Waals surface area contributed by atoms with Gasteiger partial charge in [0, 0.05) is 5.69 Å². The van der Waals surface area contributed by atoms with Gasteiger partial charge in [0.05, 0.1) is 22.8 Å². The van der Waals surface area contributed by atoms with Crippen LogP contribution in [0.4, 0.5) is 19.6 Å². The number of carbonyl (C=O) groups is 1. The number of likely N-dealkylation sites (N-methyl/N-ethyl adjacent to an activating group) is 1. The molecule has 0 aliphatic heterocycles. The maximum Gasteiger partial charge on any atom is 0.251 e. The minimum atomic E-state index is -2.48. The van der Waals surface area contributed by atoms with Crippen molar-refractivity contribution >= 4 is 38.3 Å². The van der Waals surface area contributed by atoms with Gasteiger partial charge < -0.3 is 11.1 Å². The highest BCUT2D eigenvalue weighted by Crippen LogP contribution is 2.27. The van der Waals surface area contributed by atoms with E-state index in [2.05, 4.69) is 10.3 Å². The third-order valence-electron chi connectivity index (χ3n) is 3.11. The van der Waals surface area contributed by atoms with Crippen molar-refractivity contribution in [3.63, 3.8) is 0 Å². The minimum absolute atomic E-state index is 0.370. The molecule has 0 saturated heterocycles. The van der Waals surface area contributed by atoms with Gasteiger partial charge in [0.2, 0.25) is 5.91 Å². The monoisotopic (exact) mass is 314 g/mol. The van der Waals surface area contributed by atoms with Gasteiger partial charge in [-0.05, 0) is 32.2 Å². The van der Waals surface area contributed by atoms with Gasteiger partial charge in [0.1, 0.15) is 0 Å². The van der Waals surface area contributed by atoms with Gasteiger partial charge in [-0.1, -0.05) is 11.3 Å². The van der Waals surface area contributed by atoms with Gasteiger partial charge in [-0.3, -0.25) is 9.69 Å². The number of hydrogen-bond donors (Lipinski definition) is 2. The van der Waals surface area contributed by atoms with E-state index in [0.29, 0.717) is 10.8 Å². The number of nitrogens with one attached hydrogen (secondary N) is 1. The molecule has 5 nitrogen and oxygen atoms in total. The van der Waals surface area contributed by atoms with Gasteiger partial charge in [-0.15, -0.1) is 0 Å². The molecule has 1 aromatic carbocycles. The van der Waals surface area contributed by atoms with Crippen LogP contribution in [0.25, 0.3) is 10.2 Å². The second-order valence-electron chi connectivity index (χ2n) is 4.74. The number of carbonyl (C=O) groups excluding carboxylic acids is 1. The number of aromatic nitrogens is 1. The number of thiazole rings is 1. The lowest BCUT2D eigenvalue weighted by Crippen LogP contribution is -2.41. The molecule has 1 atom stereocenters. The molecule has 114 valence electrons. The molecule has 0 fully saturated rings. The van der Waals surface area contributed by atoms with Gasteiger partial charge in [-0.25, -0.2) is 13.8 Å². The summed E-state index contributed by atoms with van der Waals surface area (Å²) in [7, 11) is 1.48. The lowest BCUT2D eigenvalue weighted by molar-refractivity contribution is -0.120. The number of fused-ring (bicyclic) bond motifs is 1. The molecule has 21 heavy (non-hydrogen) atoms. The van der Waals surface area contributed by atoms with Gasteiger partial charge in [-0.2, -0.15) is 0 Å². The van der Waals surface area contributed by atoms with Crippen LogP contribution in [-0.2, 0) is 4.79 Å². The molecule has 0 radical (unpaired) electrons. The highest BCUT2D eigenvalue weighted by Gasteiger charge is 2.21. The van der Waals surface area contributed by atoms with E-state index < -0.39 is 19.0 Å². The average Bonchev–Trinajstić information content (AvgIpc) is 2.78. The number of alkyl halides is 2. The van der Waals surface area contributed by atoms with Crippen molar-refractivity contribution in [2.75, 3.05) is 24.6 Å². The average molecular weight is 314 g/mol. The lowest BCUT2D eigenvalue weighted by atomic mass is 10.3. The number of halogens is 2. The Morgan fingerprint density at radius 1 is 1.52 bits per heavy atom. The fourth-order valence-corrected chi connectivity index (χ4v) is 2.70. The first-order valence-electron chi connectivity index (χ1n) is 6.32. The third kappa shape index (κ3) is 3.85. The number of nitrogens with zero attached hydrogens (tertiary/aromatic N) is 2. The van der Waals surface area contributed by atoms with Gasteiger partial charge in [0.25, 0.3) is 6.43 Å². The zero-order valence-corrected chi connectivity index (χ0v) is 12.5. The van der Waals surface area contributed by atoms with Gasteiger partial charge in [0.15, 0.2) is 5.13 Å². The largest absolute Gasteiger partial charge is 0.399 e. The second kappa shape index (κ2) is 6.31. The molecule has 2 aromatic rings. The highest BCUT2D eigenvalue weighted by atomic mass is 32.1. The summed E-state index contributed by atoms with van der Waals surface area (Å²) in [4.78, 5) is 17.6. The van der Waals surface area contributed by atoms with Crippen LogP contribution in [0.15, 0.2) is 18.2 Å². The zero-order chi connectivity index (χ0) is 15.6. The first kappa shape index (κ1) is 15.6. The smallest absolute Gasteiger partial charge is 0.251 e. The van der Waals surface area contributed by atoms with Crippen LogP contribution >= 0.6 is 11.3 Å². The van der Waals surface area contributed by atoms with E-state index in [-0.39, 0.29) is 5.91 Å². The fraction of sp³-hybridized carbons (Fsp3) is 0.385. The maximum atomic E-state index is 12.3. The predicted molar refractivity (Wildman–Crippen MR) is 80.8 cm³/mol. The maximum absolute atomic E-state index is 12.3. The van der Waals surface area contributed by atoms with Crippen LogP contribution in [0.1, 0.15) is 6.92 Å². The Hall–Kier alpha value is -1.80. The number of benzene rings is 1. The predicted octanol–water partition coefficient (Wildman–Crippen LogP) is 2.40. The van der Waals surface area contributed by atoms with Crippen molar-refractivity contribution in [2.24, 2.45) is 0 Å². The van der Waals surface area contributed by atoms with Crippen molar-refractivity contribution in [2.45, 2.75) is 19.4 Å². The molecular formula is C13H16F2N4OS. The Bertz CT molecular complexity index is 646. The summed E-state index contributed by atoms with van der Waals surface area (Å²) in [5, 5.41) is 3.07. The molecule has 0 bridgehead atoms. The van der Waals surface area contributed by atoms with E-state index in [1.165, 1.54) is 23.3 Å². The Balaban J connectivity index is 2.07. The molecule has 2 rings (SSSR count). The van der Waals surface area contributed by atoms with Crippen LogP contribution < -0.4 is 11.1 Å². The van der Waals surface area contributed by atoms with E-state index >= 15 is 0 Å². The molecular weight excluding hydrogens is 298 g/mol. The molecule has 1 unspecified atom stereocenters. The molecule has 0 aliphatic rings. The number of anilines is 2. The molecule has 1 heterocycles. The van der Waals surface area contributed by atoms with Crippen molar-refractivity contribution < 1.29 is 13.6 Å². The topological polar surface area (TPSA) is 71.2 Å². The minimum Gasteiger partial charge on any atom is -0.399 e. The number of amides is 1. The van der Waals surface area contributed by atoms with Crippen LogP contribution in [-0.4, -0.2) is 41.9 Å². The molecule has 0 aliphatic carbocycles. The van der Waals surface area contributed by atoms with Crippen LogP contribution in [0.3, 0.4) is 0 Å². The quantitative estimate of drug-likeness (QED) is 0.831. The molecule has 1 aromatic heterocycles. The molecule has 0 saturated carbocycles. The highest BCUT2D eigenvalue weighted by molar-refractivity contribution is 7.22. The lowest BCUT2D eigenvalue weighted by Gasteiger charge is -2.22. The van der Waals surface area contributed by atoms with Crippen molar-refractivity contribution in [1.29, 1.82) is 0 Å². The zero-order valence-electron chi connectivity index (χ0n) is 11.6.